The molecule has 1 aliphatic carbocycles. The third kappa shape index (κ3) is 2.68. The number of anilines is 1. The molecule has 1 atom stereocenters. The van der Waals surface area contributed by atoms with Crippen molar-refractivity contribution in [3.05, 3.63) is 22.8 Å². The van der Waals surface area contributed by atoms with Crippen molar-refractivity contribution >= 4 is 16.5 Å². The van der Waals surface area contributed by atoms with E-state index in [-0.39, 0.29) is 0 Å². The molecule has 4 nitrogen and oxygen atoms in total. The van der Waals surface area contributed by atoms with E-state index in [1.807, 2.05) is 0 Å². The molecule has 118 valence electrons. The minimum Gasteiger partial charge on any atom is -0.376 e. The molecule has 3 heterocycles. The first-order chi connectivity index (χ1) is 10.7. The standard InChI is InChI=1S/C17H23N3OS/c1-11-8-15(12(2)20(11)13-5-6-13)16-10-22-17(19-16)18-9-14-4-3-7-21-14/h8,10,13-14H,3-7,9H2,1-2H3,(H,18,19)/t14-/m0/s1. The summed E-state index contributed by atoms with van der Waals surface area (Å²) < 4.78 is 8.13. The average Bonchev–Trinajstić information content (AvgIpc) is 2.92. The summed E-state index contributed by atoms with van der Waals surface area (Å²) in [6.07, 6.45) is 5.34. The van der Waals surface area contributed by atoms with Crippen molar-refractivity contribution in [1.29, 1.82) is 0 Å². The summed E-state index contributed by atoms with van der Waals surface area (Å²) in [5, 5.41) is 6.59. The first-order valence-electron chi connectivity index (χ1n) is 8.22. The fourth-order valence-electron chi connectivity index (χ4n) is 3.42. The fourth-order valence-corrected chi connectivity index (χ4v) is 4.14. The Morgan fingerprint density at radius 3 is 2.95 bits per heavy atom. The van der Waals surface area contributed by atoms with Crippen LogP contribution in [0.15, 0.2) is 11.4 Å². The highest BCUT2D eigenvalue weighted by molar-refractivity contribution is 7.14. The molecular formula is C17H23N3OS. The maximum atomic E-state index is 5.65. The molecule has 2 aliphatic rings. The molecule has 0 aromatic carbocycles. The van der Waals surface area contributed by atoms with Crippen LogP contribution in [0.1, 0.15) is 43.1 Å². The normalized spacial score (nSPS) is 21.5. The molecule has 2 aromatic heterocycles. The number of aryl methyl sites for hydroxylation is 1. The lowest BCUT2D eigenvalue weighted by atomic mass is 10.2. The van der Waals surface area contributed by atoms with E-state index in [2.05, 4.69) is 35.2 Å². The zero-order valence-corrected chi connectivity index (χ0v) is 14.1. The van der Waals surface area contributed by atoms with Crippen molar-refractivity contribution in [2.75, 3.05) is 18.5 Å². The van der Waals surface area contributed by atoms with Crippen molar-refractivity contribution in [1.82, 2.24) is 9.55 Å². The monoisotopic (exact) mass is 317 g/mol. The predicted molar refractivity (Wildman–Crippen MR) is 90.7 cm³/mol. The summed E-state index contributed by atoms with van der Waals surface area (Å²) in [5.41, 5.74) is 5.10. The van der Waals surface area contributed by atoms with Crippen LogP contribution < -0.4 is 5.32 Å². The minimum atomic E-state index is 0.354. The number of nitrogens with one attached hydrogen (secondary N) is 1. The highest BCUT2D eigenvalue weighted by Gasteiger charge is 2.27. The molecule has 2 fully saturated rings. The van der Waals surface area contributed by atoms with E-state index in [9.17, 15) is 0 Å². The maximum Gasteiger partial charge on any atom is 0.183 e. The summed E-state index contributed by atoms with van der Waals surface area (Å²) >= 11 is 1.69. The van der Waals surface area contributed by atoms with Crippen molar-refractivity contribution in [2.24, 2.45) is 0 Å². The van der Waals surface area contributed by atoms with Crippen LogP contribution in [-0.2, 0) is 4.74 Å². The molecule has 0 spiro atoms. The Kier molecular flexibility index (Phi) is 3.70. The van der Waals surface area contributed by atoms with Gasteiger partial charge in [-0.1, -0.05) is 0 Å². The second-order valence-corrected chi connectivity index (χ2v) is 7.30. The van der Waals surface area contributed by atoms with Gasteiger partial charge in [0.2, 0.25) is 0 Å². The Balaban J connectivity index is 1.50. The van der Waals surface area contributed by atoms with Crippen LogP contribution in [0.4, 0.5) is 5.13 Å². The van der Waals surface area contributed by atoms with Gasteiger partial charge in [-0.25, -0.2) is 4.98 Å². The lowest BCUT2D eigenvalue weighted by Crippen LogP contribution is -2.18. The number of rotatable bonds is 5. The first-order valence-corrected chi connectivity index (χ1v) is 9.10. The van der Waals surface area contributed by atoms with Crippen molar-refractivity contribution in [3.63, 3.8) is 0 Å². The maximum absolute atomic E-state index is 5.65. The van der Waals surface area contributed by atoms with E-state index in [0.717, 1.165) is 36.4 Å². The Labute approximate surface area is 135 Å². The fraction of sp³-hybridized carbons (Fsp3) is 0.588. The summed E-state index contributed by atoms with van der Waals surface area (Å²) in [7, 11) is 0. The van der Waals surface area contributed by atoms with Gasteiger partial charge < -0.3 is 14.6 Å². The lowest BCUT2D eigenvalue weighted by Gasteiger charge is -2.09. The van der Waals surface area contributed by atoms with Gasteiger partial charge in [0.05, 0.1) is 11.8 Å². The Morgan fingerprint density at radius 2 is 2.23 bits per heavy atom. The molecule has 1 saturated heterocycles. The molecule has 4 rings (SSSR count). The number of thiazole rings is 1. The number of hydrogen-bond acceptors (Lipinski definition) is 4. The molecule has 1 aliphatic heterocycles. The van der Waals surface area contributed by atoms with E-state index in [4.69, 9.17) is 9.72 Å². The zero-order valence-electron chi connectivity index (χ0n) is 13.3. The number of nitrogens with zero attached hydrogens (tertiary/aromatic N) is 2. The molecular weight excluding hydrogens is 294 g/mol. The van der Waals surface area contributed by atoms with Gasteiger partial charge in [0.1, 0.15) is 0 Å². The molecule has 0 radical (unpaired) electrons. The minimum absolute atomic E-state index is 0.354. The largest absolute Gasteiger partial charge is 0.376 e. The van der Waals surface area contributed by atoms with Crippen LogP contribution in [0.3, 0.4) is 0 Å². The van der Waals surface area contributed by atoms with Crippen molar-refractivity contribution < 1.29 is 4.74 Å². The van der Waals surface area contributed by atoms with E-state index >= 15 is 0 Å². The van der Waals surface area contributed by atoms with Crippen molar-refractivity contribution in [3.8, 4) is 11.3 Å². The molecule has 22 heavy (non-hydrogen) atoms. The molecule has 2 aromatic rings. The van der Waals surface area contributed by atoms with E-state index in [0.29, 0.717) is 6.10 Å². The van der Waals surface area contributed by atoms with Gasteiger partial charge in [0, 0.05) is 41.5 Å². The molecule has 0 bridgehead atoms. The van der Waals surface area contributed by atoms with Crippen molar-refractivity contribution in [2.45, 2.75) is 51.7 Å². The summed E-state index contributed by atoms with van der Waals surface area (Å²) in [6.45, 7) is 6.20. The second-order valence-electron chi connectivity index (χ2n) is 6.44. The van der Waals surface area contributed by atoms with Crippen LogP contribution in [0, 0.1) is 13.8 Å². The average molecular weight is 317 g/mol. The highest BCUT2D eigenvalue weighted by atomic mass is 32.1. The van der Waals surface area contributed by atoms with Crippen LogP contribution in [-0.4, -0.2) is 28.8 Å². The molecule has 0 amide bonds. The van der Waals surface area contributed by atoms with Crippen LogP contribution in [0.25, 0.3) is 11.3 Å². The van der Waals surface area contributed by atoms with Gasteiger partial charge in [-0.3, -0.25) is 0 Å². The zero-order chi connectivity index (χ0) is 15.1. The summed E-state index contributed by atoms with van der Waals surface area (Å²) in [6, 6.07) is 3.01. The van der Waals surface area contributed by atoms with Gasteiger partial charge in [0.15, 0.2) is 5.13 Å². The molecule has 1 N–H and O–H groups in total. The topological polar surface area (TPSA) is 39.1 Å². The van der Waals surface area contributed by atoms with E-state index < -0.39 is 0 Å². The van der Waals surface area contributed by atoms with E-state index in [1.54, 1.807) is 11.3 Å². The molecule has 0 unspecified atom stereocenters. The number of ether oxygens (including phenoxy) is 1. The number of hydrogen-bond donors (Lipinski definition) is 1. The molecule has 1 saturated carbocycles. The smallest absolute Gasteiger partial charge is 0.183 e. The van der Waals surface area contributed by atoms with E-state index in [1.165, 1.54) is 36.2 Å². The van der Waals surface area contributed by atoms with Gasteiger partial charge in [-0.2, -0.15) is 0 Å². The van der Waals surface area contributed by atoms with Crippen LogP contribution >= 0.6 is 11.3 Å². The third-order valence-electron chi connectivity index (χ3n) is 4.68. The Morgan fingerprint density at radius 1 is 1.36 bits per heavy atom. The van der Waals surface area contributed by atoms with Gasteiger partial charge in [0.25, 0.3) is 0 Å². The Hall–Kier alpha value is -1.33. The summed E-state index contributed by atoms with van der Waals surface area (Å²) in [5.74, 6) is 0. The quantitative estimate of drug-likeness (QED) is 0.900. The Bertz CT molecular complexity index is 665. The predicted octanol–water partition coefficient (Wildman–Crippen LogP) is 4.15. The SMILES string of the molecule is Cc1cc(-c2csc(NC[C@@H]3CCCO3)n2)c(C)n1C1CC1. The first kappa shape index (κ1) is 14.3. The van der Waals surface area contributed by atoms with Gasteiger partial charge >= 0.3 is 0 Å². The third-order valence-corrected chi connectivity index (χ3v) is 5.48. The number of aromatic nitrogens is 2. The van der Waals surface area contributed by atoms with Gasteiger partial charge in [-0.15, -0.1) is 11.3 Å². The summed E-state index contributed by atoms with van der Waals surface area (Å²) in [4.78, 5) is 4.77. The van der Waals surface area contributed by atoms with Crippen LogP contribution in [0.5, 0.6) is 0 Å². The highest BCUT2D eigenvalue weighted by Crippen LogP contribution is 2.40. The van der Waals surface area contributed by atoms with Gasteiger partial charge in [-0.05, 0) is 45.6 Å². The molecule has 5 heteroatoms. The van der Waals surface area contributed by atoms with Crippen LogP contribution in [0.2, 0.25) is 0 Å². The second kappa shape index (κ2) is 5.70. The lowest BCUT2D eigenvalue weighted by molar-refractivity contribution is 0.120.